The van der Waals surface area contributed by atoms with Crippen LogP contribution in [0, 0.1) is 5.92 Å². The summed E-state index contributed by atoms with van der Waals surface area (Å²) < 4.78 is 13.4. The number of hydrogen-bond donors (Lipinski definition) is 0. The third-order valence-electron chi connectivity index (χ3n) is 2.92. The Morgan fingerprint density at radius 2 is 2.19 bits per heavy atom. The van der Waals surface area contributed by atoms with Crippen molar-refractivity contribution in [2.45, 2.75) is 12.8 Å². The van der Waals surface area contributed by atoms with Gasteiger partial charge in [0.2, 0.25) is 0 Å². The van der Waals surface area contributed by atoms with E-state index in [1.165, 1.54) is 0 Å². The van der Waals surface area contributed by atoms with Crippen molar-refractivity contribution >= 4 is 33.3 Å². The zero-order valence-electron chi connectivity index (χ0n) is 8.80. The fourth-order valence-electron chi connectivity index (χ4n) is 1.94. The Hall–Kier alpha value is -0.350. The van der Waals surface area contributed by atoms with Gasteiger partial charge in [-0.15, -0.1) is 0 Å². The predicted octanol–water partition coefficient (Wildman–Crippen LogP) is 3.68. The molecule has 0 bridgehead atoms. The Labute approximate surface area is 108 Å². The van der Waals surface area contributed by atoms with Gasteiger partial charge in [0, 0.05) is 19.3 Å². The maximum Gasteiger partial charge on any atom is 0.142 e. The topological polar surface area (TPSA) is 16.1 Å². The van der Waals surface area contributed by atoms with E-state index in [4.69, 9.17) is 11.6 Å². The largest absolute Gasteiger partial charge is 0.356 e. The number of pyridine rings is 1. The van der Waals surface area contributed by atoms with Gasteiger partial charge in [-0.3, -0.25) is 4.39 Å². The highest BCUT2D eigenvalue weighted by atomic mass is 79.9. The first-order valence-electron chi connectivity index (χ1n) is 5.32. The van der Waals surface area contributed by atoms with Crippen LogP contribution in [0.2, 0.25) is 5.02 Å². The predicted molar refractivity (Wildman–Crippen MR) is 67.9 cm³/mol. The number of alkyl halides is 1. The number of halogens is 3. The molecule has 1 aliphatic rings. The van der Waals surface area contributed by atoms with Crippen LogP contribution < -0.4 is 4.90 Å². The second kappa shape index (κ2) is 5.32. The van der Waals surface area contributed by atoms with E-state index < -0.39 is 0 Å². The van der Waals surface area contributed by atoms with Crippen LogP contribution in [0.15, 0.2) is 16.7 Å². The number of nitrogens with zero attached hydrogens (tertiary/aromatic N) is 2. The summed E-state index contributed by atoms with van der Waals surface area (Å²) in [5.74, 6) is 1.13. The SMILES string of the molecule is FCC1CCN(c2ncc(Cl)cc2Br)CC1. The lowest BCUT2D eigenvalue weighted by Crippen LogP contribution is -2.35. The minimum Gasteiger partial charge on any atom is -0.356 e. The van der Waals surface area contributed by atoms with Gasteiger partial charge >= 0.3 is 0 Å². The van der Waals surface area contributed by atoms with Crippen LogP contribution in [-0.4, -0.2) is 24.7 Å². The first kappa shape index (κ1) is 12.1. The molecule has 5 heteroatoms. The van der Waals surface area contributed by atoms with Gasteiger partial charge in [-0.1, -0.05) is 11.6 Å². The van der Waals surface area contributed by atoms with Crippen LogP contribution in [0.4, 0.5) is 10.2 Å². The van der Waals surface area contributed by atoms with Crippen molar-refractivity contribution in [3.8, 4) is 0 Å². The molecule has 0 aromatic carbocycles. The molecule has 0 unspecified atom stereocenters. The van der Waals surface area contributed by atoms with E-state index in [2.05, 4.69) is 25.8 Å². The summed E-state index contributed by atoms with van der Waals surface area (Å²) in [5.41, 5.74) is 0. The highest BCUT2D eigenvalue weighted by Crippen LogP contribution is 2.29. The van der Waals surface area contributed by atoms with Crippen LogP contribution in [0.3, 0.4) is 0 Å². The van der Waals surface area contributed by atoms with Crippen LogP contribution >= 0.6 is 27.5 Å². The molecule has 1 saturated heterocycles. The molecule has 1 aromatic rings. The highest BCUT2D eigenvalue weighted by molar-refractivity contribution is 9.10. The Morgan fingerprint density at radius 3 is 2.75 bits per heavy atom. The smallest absolute Gasteiger partial charge is 0.142 e. The Morgan fingerprint density at radius 1 is 1.50 bits per heavy atom. The van der Waals surface area contributed by atoms with Crippen LogP contribution in [0.1, 0.15) is 12.8 Å². The highest BCUT2D eigenvalue weighted by Gasteiger charge is 2.21. The first-order chi connectivity index (χ1) is 7.70. The van der Waals surface area contributed by atoms with Crippen molar-refractivity contribution in [1.82, 2.24) is 4.98 Å². The molecule has 0 spiro atoms. The standard InChI is InChI=1S/C11H13BrClFN2/c12-10-5-9(13)7-15-11(10)16-3-1-8(6-14)2-4-16/h5,7-8H,1-4,6H2. The monoisotopic (exact) mass is 306 g/mol. The number of aromatic nitrogens is 1. The quantitative estimate of drug-likeness (QED) is 0.828. The van der Waals surface area contributed by atoms with Gasteiger partial charge in [0.1, 0.15) is 5.82 Å². The molecule has 16 heavy (non-hydrogen) atoms. The van der Waals surface area contributed by atoms with Gasteiger partial charge < -0.3 is 4.90 Å². The zero-order valence-corrected chi connectivity index (χ0v) is 11.1. The lowest BCUT2D eigenvalue weighted by Gasteiger charge is -2.32. The molecular formula is C11H13BrClFN2. The molecule has 0 saturated carbocycles. The van der Waals surface area contributed by atoms with E-state index in [1.807, 2.05) is 6.07 Å². The van der Waals surface area contributed by atoms with E-state index in [0.717, 1.165) is 36.2 Å². The van der Waals surface area contributed by atoms with Gasteiger partial charge in [-0.2, -0.15) is 0 Å². The van der Waals surface area contributed by atoms with Gasteiger partial charge in [-0.05, 0) is 40.8 Å². The van der Waals surface area contributed by atoms with Crippen molar-refractivity contribution in [3.63, 3.8) is 0 Å². The number of anilines is 1. The van der Waals surface area contributed by atoms with Gasteiger partial charge in [-0.25, -0.2) is 4.98 Å². The zero-order chi connectivity index (χ0) is 11.5. The maximum absolute atomic E-state index is 12.5. The summed E-state index contributed by atoms with van der Waals surface area (Å²) in [5, 5.41) is 0.620. The minimum absolute atomic E-state index is 0.205. The third-order valence-corrected chi connectivity index (χ3v) is 3.71. The van der Waals surface area contributed by atoms with E-state index in [9.17, 15) is 4.39 Å². The van der Waals surface area contributed by atoms with Crippen molar-refractivity contribution in [1.29, 1.82) is 0 Å². The molecule has 2 rings (SSSR count). The average molecular weight is 308 g/mol. The first-order valence-corrected chi connectivity index (χ1v) is 6.49. The molecule has 0 atom stereocenters. The molecule has 88 valence electrons. The Balaban J connectivity index is 2.08. The molecule has 0 radical (unpaired) electrons. The summed E-state index contributed by atoms with van der Waals surface area (Å²) in [6.45, 7) is 1.52. The Bertz CT molecular complexity index is 367. The summed E-state index contributed by atoms with van der Waals surface area (Å²) in [6, 6.07) is 1.84. The van der Waals surface area contributed by atoms with Crippen molar-refractivity contribution < 1.29 is 4.39 Å². The molecule has 1 aliphatic heterocycles. The average Bonchev–Trinajstić information content (AvgIpc) is 2.29. The summed E-state index contributed by atoms with van der Waals surface area (Å²) in [7, 11) is 0. The molecule has 0 N–H and O–H groups in total. The molecule has 0 aliphatic carbocycles. The van der Waals surface area contributed by atoms with E-state index in [-0.39, 0.29) is 12.6 Å². The van der Waals surface area contributed by atoms with Gasteiger partial charge in [0.25, 0.3) is 0 Å². The van der Waals surface area contributed by atoms with Crippen molar-refractivity contribution in [2.24, 2.45) is 5.92 Å². The van der Waals surface area contributed by atoms with E-state index >= 15 is 0 Å². The third kappa shape index (κ3) is 2.66. The van der Waals surface area contributed by atoms with Gasteiger partial charge in [0.05, 0.1) is 16.2 Å². The Kier molecular flexibility index (Phi) is 4.03. The molecule has 2 heterocycles. The molecule has 2 nitrogen and oxygen atoms in total. The van der Waals surface area contributed by atoms with Crippen molar-refractivity contribution in [3.05, 3.63) is 21.8 Å². The number of piperidine rings is 1. The summed E-state index contributed by atoms with van der Waals surface area (Å²) in [6.07, 6.45) is 3.43. The number of hydrogen-bond acceptors (Lipinski definition) is 2. The van der Waals surface area contributed by atoms with Crippen LogP contribution in [-0.2, 0) is 0 Å². The molecule has 0 amide bonds. The normalized spacial score (nSPS) is 17.8. The summed E-state index contributed by atoms with van der Waals surface area (Å²) >= 11 is 9.29. The van der Waals surface area contributed by atoms with E-state index in [1.54, 1.807) is 6.20 Å². The molecular weight excluding hydrogens is 294 g/mol. The molecule has 1 fully saturated rings. The van der Waals surface area contributed by atoms with E-state index in [0.29, 0.717) is 5.02 Å². The van der Waals surface area contributed by atoms with Gasteiger partial charge in [0.15, 0.2) is 0 Å². The fraction of sp³-hybridized carbons (Fsp3) is 0.545. The summed E-state index contributed by atoms with van der Waals surface area (Å²) in [4.78, 5) is 6.48. The van der Waals surface area contributed by atoms with Crippen LogP contribution in [0.25, 0.3) is 0 Å². The fourth-order valence-corrected chi connectivity index (χ4v) is 2.83. The lowest BCUT2D eigenvalue weighted by atomic mass is 9.98. The lowest BCUT2D eigenvalue weighted by molar-refractivity contribution is 0.307. The van der Waals surface area contributed by atoms with Crippen molar-refractivity contribution in [2.75, 3.05) is 24.7 Å². The maximum atomic E-state index is 12.5. The minimum atomic E-state index is -0.205. The second-order valence-electron chi connectivity index (χ2n) is 4.04. The number of rotatable bonds is 2. The second-order valence-corrected chi connectivity index (χ2v) is 5.33. The van der Waals surface area contributed by atoms with Crippen LogP contribution in [0.5, 0.6) is 0 Å². The molecule has 1 aromatic heterocycles.